The van der Waals surface area contributed by atoms with Gasteiger partial charge >= 0.3 is 0 Å². The van der Waals surface area contributed by atoms with E-state index in [0.29, 0.717) is 36.6 Å². The Morgan fingerprint density at radius 3 is 2.12 bits per heavy atom. The van der Waals surface area contributed by atoms with E-state index in [2.05, 4.69) is 5.32 Å². The van der Waals surface area contributed by atoms with Crippen LogP contribution in [-0.2, 0) is 24.8 Å². The van der Waals surface area contributed by atoms with E-state index in [1.165, 1.54) is 23.5 Å². The van der Waals surface area contributed by atoms with Crippen LogP contribution < -0.4 is 14.4 Å². The second-order valence-electron chi connectivity index (χ2n) is 7.86. The van der Waals surface area contributed by atoms with Crippen molar-refractivity contribution in [3.63, 3.8) is 0 Å². The minimum atomic E-state index is -3.51. The summed E-state index contributed by atoms with van der Waals surface area (Å²) in [6.45, 7) is 2.87. The Bertz CT molecular complexity index is 1170. The van der Waals surface area contributed by atoms with Crippen molar-refractivity contribution in [3.8, 4) is 5.75 Å². The molecular weight excluding hydrogens is 466 g/mol. The number of hydrogen-bond donors (Lipinski definition) is 1. The molecule has 33 heavy (non-hydrogen) atoms. The molecule has 9 nitrogen and oxygen atoms in total. The Morgan fingerprint density at radius 2 is 1.61 bits per heavy atom. The maximum absolute atomic E-state index is 12.7. The number of anilines is 2. The largest absolute Gasteiger partial charge is 0.481 e. The molecule has 1 aliphatic heterocycles. The molecule has 1 atom stereocenters. The van der Waals surface area contributed by atoms with Gasteiger partial charge in [-0.05, 0) is 67.8 Å². The molecule has 0 aliphatic carbocycles. The van der Waals surface area contributed by atoms with Crippen molar-refractivity contribution in [2.24, 2.45) is 0 Å². The maximum Gasteiger partial charge on any atom is 0.265 e. The van der Waals surface area contributed by atoms with Gasteiger partial charge in [0.1, 0.15) is 5.75 Å². The van der Waals surface area contributed by atoms with Gasteiger partial charge in [0.25, 0.3) is 5.91 Å². The first kappa shape index (κ1) is 25.0. The van der Waals surface area contributed by atoms with Crippen molar-refractivity contribution in [1.29, 1.82) is 0 Å². The molecule has 1 amide bonds. The third kappa shape index (κ3) is 6.04. The molecule has 0 spiro atoms. The van der Waals surface area contributed by atoms with E-state index in [9.17, 15) is 21.6 Å². The summed E-state index contributed by atoms with van der Waals surface area (Å²) in [5.41, 5.74) is 0.943. The molecule has 0 bridgehead atoms. The van der Waals surface area contributed by atoms with Gasteiger partial charge in [0.2, 0.25) is 20.0 Å². The standard InChI is InChI=1S/C22H29N3O6S2/c1-4-21(31-19-11-9-18(10-12-19)24(2)32(3,27)28)22(26)23-17-7-13-20(14-8-17)33(29,30)25-15-5-6-16-25/h7-14,21H,4-6,15-16H2,1-3H3,(H,23,26)/t21-/m1/s1. The van der Waals surface area contributed by atoms with Crippen LogP contribution in [0.2, 0.25) is 0 Å². The van der Waals surface area contributed by atoms with Crippen LogP contribution in [0.4, 0.5) is 11.4 Å². The second-order valence-corrected chi connectivity index (χ2v) is 11.8. The summed E-state index contributed by atoms with van der Waals surface area (Å²) in [5.74, 6) is 0.0553. The first-order valence-electron chi connectivity index (χ1n) is 10.6. The van der Waals surface area contributed by atoms with Gasteiger partial charge in [-0.3, -0.25) is 9.10 Å². The number of nitrogens with zero attached hydrogens (tertiary/aromatic N) is 2. The molecule has 0 saturated carbocycles. The summed E-state index contributed by atoms with van der Waals surface area (Å²) in [6.07, 6.45) is 2.46. The van der Waals surface area contributed by atoms with E-state index in [-0.39, 0.29) is 10.8 Å². The first-order chi connectivity index (χ1) is 15.5. The van der Waals surface area contributed by atoms with E-state index in [0.717, 1.165) is 23.4 Å². The molecule has 0 aromatic heterocycles. The van der Waals surface area contributed by atoms with Gasteiger partial charge in [0.15, 0.2) is 6.10 Å². The van der Waals surface area contributed by atoms with Crippen LogP contribution in [0, 0.1) is 0 Å². The molecule has 2 aromatic carbocycles. The molecule has 3 rings (SSSR count). The van der Waals surface area contributed by atoms with Gasteiger partial charge < -0.3 is 10.1 Å². The number of ether oxygens (including phenoxy) is 1. The number of amides is 1. The smallest absolute Gasteiger partial charge is 0.265 e. The fraction of sp³-hybridized carbons (Fsp3) is 0.409. The Labute approximate surface area is 195 Å². The molecule has 11 heteroatoms. The van der Waals surface area contributed by atoms with E-state index < -0.39 is 26.2 Å². The lowest BCUT2D eigenvalue weighted by Crippen LogP contribution is -2.32. The number of rotatable bonds is 9. The van der Waals surface area contributed by atoms with Crippen LogP contribution in [0.25, 0.3) is 0 Å². The highest BCUT2D eigenvalue weighted by atomic mass is 32.2. The molecule has 0 unspecified atom stereocenters. The van der Waals surface area contributed by atoms with E-state index in [1.807, 2.05) is 6.92 Å². The summed E-state index contributed by atoms with van der Waals surface area (Å²) in [7, 11) is -5.43. The number of hydrogen-bond acceptors (Lipinski definition) is 6. The zero-order valence-corrected chi connectivity index (χ0v) is 20.5. The van der Waals surface area contributed by atoms with Gasteiger partial charge in [-0.25, -0.2) is 16.8 Å². The summed E-state index contributed by atoms with van der Waals surface area (Å²) in [4.78, 5) is 12.9. The van der Waals surface area contributed by atoms with Crippen LogP contribution >= 0.6 is 0 Å². The topological polar surface area (TPSA) is 113 Å². The van der Waals surface area contributed by atoms with Crippen molar-refractivity contribution >= 4 is 37.3 Å². The number of carbonyl (C=O) groups is 1. The Hall–Kier alpha value is -2.63. The minimum absolute atomic E-state index is 0.199. The lowest BCUT2D eigenvalue weighted by atomic mass is 10.2. The first-order valence-corrected chi connectivity index (χ1v) is 13.9. The molecule has 1 aliphatic rings. The average molecular weight is 496 g/mol. The third-order valence-corrected chi connectivity index (χ3v) is 8.58. The molecule has 1 saturated heterocycles. The molecular formula is C22H29N3O6S2. The highest BCUT2D eigenvalue weighted by Gasteiger charge is 2.27. The number of sulfonamides is 2. The third-order valence-electron chi connectivity index (χ3n) is 5.46. The van der Waals surface area contributed by atoms with E-state index >= 15 is 0 Å². The predicted octanol–water partition coefficient (Wildman–Crippen LogP) is 2.66. The molecule has 180 valence electrons. The van der Waals surface area contributed by atoms with Crippen molar-refractivity contribution in [2.45, 2.75) is 37.2 Å². The normalized spacial score (nSPS) is 15.7. The fourth-order valence-corrected chi connectivity index (χ4v) is 5.44. The number of benzene rings is 2. The lowest BCUT2D eigenvalue weighted by molar-refractivity contribution is -0.122. The summed E-state index contributed by atoms with van der Waals surface area (Å²) in [5, 5.41) is 2.75. The van der Waals surface area contributed by atoms with Crippen LogP contribution in [0.3, 0.4) is 0 Å². The zero-order chi connectivity index (χ0) is 24.2. The van der Waals surface area contributed by atoms with Crippen LogP contribution in [-0.4, -0.2) is 59.5 Å². The quantitative estimate of drug-likeness (QED) is 0.572. The Balaban J connectivity index is 1.64. The average Bonchev–Trinajstić information content (AvgIpc) is 3.33. The van der Waals surface area contributed by atoms with Crippen LogP contribution in [0.15, 0.2) is 53.4 Å². The predicted molar refractivity (Wildman–Crippen MR) is 127 cm³/mol. The highest BCUT2D eigenvalue weighted by Crippen LogP contribution is 2.24. The molecule has 1 N–H and O–H groups in total. The lowest BCUT2D eigenvalue weighted by Gasteiger charge is -2.20. The van der Waals surface area contributed by atoms with Crippen molar-refractivity contribution < 1.29 is 26.4 Å². The highest BCUT2D eigenvalue weighted by molar-refractivity contribution is 7.92. The Morgan fingerprint density at radius 1 is 1.03 bits per heavy atom. The number of carbonyl (C=O) groups excluding carboxylic acids is 1. The summed E-state index contributed by atoms with van der Waals surface area (Å²) < 4.78 is 57.0. The van der Waals surface area contributed by atoms with E-state index in [4.69, 9.17) is 4.74 Å². The van der Waals surface area contributed by atoms with Crippen LogP contribution in [0.1, 0.15) is 26.2 Å². The van der Waals surface area contributed by atoms with Crippen molar-refractivity contribution in [1.82, 2.24) is 4.31 Å². The van der Waals surface area contributed by atoms with Crippen LogP contribution in [0.5, 0.6) is 5.75 Å². The molecule has 2 aromatic rings. The second kappa shape index (κ2) is 10.1. The monoisotopic (exact) mass is 495 g/mol. The molecule has 0 radical (unpaired) electrons. The summed E-state index contributed by atoms with van der Waals surface area (Å²) in [6, 6.07) is 12.5. The van der Waals surface area contributed by atoms with Gasteiger partial charge in [0, 0.05) is 25.8 Å². The zero-order valence-electron chi connectivity index (χ0n) is 18.9. The SMILES string of the molecule is CC[C@@H](Oc1ccc(N(C)S(C)(=O)=O)cc1)C(=O)Nc1ccc(S(=O)(=O)N2CCCC2)cc1. The summed E-state index contributed by atoms with van der Waals surface area (Å²) >= 11 is 0. The molecule has 1 heterocycles. The number of nitrogens with one attached hydrogen (secondary N) is 1. The van der Waals surface area contributed by atoms with Crippen molar-refractivity contribution in [3.05, 3.63) is 48.5 Å². The van der Waals surface area contributed by atoms with Gasteiger partial charge in [0.05, 0.1) is 16.8 Å². The maximum atomic E-state index is 12.7. The Kier molecular flexibility index (Phi) is 7.65. The minimum Gasteiger partial charge on any atom is -0.481 e. The van der Waals surface area contributed by atoms with E-state index in [1.54, 1.807) is 36.4 Å². The van der Waals surface area contributed by atoms with Gasteiger partial charge in [-0.15, -0.1) is 0 Å². The van der Waals surface area contributed by atoms with Gasteiger partial charge in [-0.2, -0.15) is 4.31 Å². The fourth-order valence-electron chi connectivity index (χ4n) is 3.42. The van der Waals surface area contributed by atoms with Crippen molar-refractivity contribution in [2.75, 3.05) is 36.0 Å². The van der Waals surface area contributed by atoms with Gasteiger partial charge in [-0.1, -0.05) is 6.92 Å². The molecule has 1 fully saturated rings.